The first kappa shape index (κ1) is 9.87. The Morgan fingerprint density at radius 2 is 2.27 bits per heavy atom. The second-order valence-corrected chi connectivity index (χ2v) is 2.29. The van der Waals surface area contributed by atoms with Crippen LogP contribution in [0.25, 0.3) is 0 Å². The van der Waals surface area contributed by atoms with Crippen molar-refractivity contribution in [3.05, 3.63) is 0 Å². The highest BCUT2D eigenvalue weighted by Gasteiger charge is 1.88. The zero-order valence-corrected chi connectivity index (χ0v) is 7.00. The first-order valence-corrected chi connectivity index (χ1v) is 3.38. The van der Waals surface area contributed by atoms with Crippen LogP contribution in [0.15, 0.2) is 10.3 Å². The third-order valence-corrected chi connectivity index (χ3v) is 0.712. The van der Waals surface area contributed by atoms with Crippen LogP contribution in [0.1, 0.15) is 20.8 Å². The van der Waals surface area contributed by atoms with E-state index < -0.39 is 0 Å². The molecule has 64 valence electrons. The van der Waals surface area contributed by atoms with Crippen molar-refractivity contribution in [3.63, 3.8) is 0 Å². The molecule has 0 unspecified atom stereocenters. The van der Waals surface area contributed by atoms with E-state index in [1.807, 2.05) is 13.8 Å². The summed E-state index contributed by atoms with van der Waals surface area (Å²) in [6.45, 7) is 5.18. The maximum absolute atomic E-state index is 10.2. The number of rotatable bonds is 4. The Labute approximate surface area is 65.8 Å². The van der Waals surface area contributed by atoms with Crippen molar-refractivity contribution in [1.29, 1.82) is 0 Å². The molecule has 0 fully saturated rings. The summed E-state index contributed by atoms with van der Waals surface area (Å²) in [7, 11) is 0. The van der Waals surface area contributed by atoms with Gasteiger partial charge in [0.1, 0.15) is 0 Å². The highest BCUT2D eigenvalue weighted by molar-refractivity contribution is 5.65. The predicted molar refractivity (Wildman–Crippen MR) is 39.8 cm³/mol. The van der Waals surface area contributed by atoms with Gasteiger partial charge in [-0.3, -0.25) is 10.2 Å². The summed E-state index contributed by atoms with van der Waals surface area (Å²) in [5, 5.41) is 7.06. The van der Waals surface area contributed by atoms with Crippen LogP contribution in [0.3, 0.4) is 0 Å². The summed E-state index contributed by atoms with van der Waals surface area (Å²) >= 11 is 0. The summed E-state index contributed by atoms with van der Waals surface area (Å²) in [5.41, 5.74) is 2.69. The molecule has 0 aliphatic rings. The lowest BCUT2D eigenvalue weighted by atomic mass is 10.4. The molecule has 0 aromatic heterocycles. The Bertz CT molecular complexity index is 145. The number of ether oxygens (including phenoxy) is 1. The summed E-state index contributed by atoms with van der Waals surface area (Å²) < 4.78 is 4.48. The smallest absolute Gasteiger partial charge is 0.304 e. The average Bonchev–Trinajstić information content (AvgIpc) is 1.85. The van der Waals surface area contributed by atoms with Gasteiger partial charge in [0.2, 0.25) is 6.73 Å². The Kier molecular flexibility index (Phi) is 5.06. The SMILES string of the molecule is CC(=O)OCN=NNC(C)C. The molecule has 0 amide bonds. The van der Waals surface area contributed by atoms with Gasteiger partial charge < -0.3 is 4.74 Å². The molecule has 0 rings (SSSR count). The van der Waals surface area contributed by atoms with Gasteiger partial charge in [-0.1, -0.05) is 5.22 Å². The van der Waals surface area contributed by atoms with Gasteiger partial charge >= 0.3 is 5.97 Å². The zero-order chi connectivity index (χ0) is 8.69. The minimum atomic E-state index is -0.353. The van der Waals surface area contributed by atoms with Crippen molar-refractivity contribution in [3.8, 4) is 0 Å². The molecule has 5 heteroatoms. The fourth-order valence-electron chi connectivity index (χ4n) is 0.305. The number of hydrogen-bond donors (Lipinski definition) is 1. The zero-order valence-electron chi connectivity index (χ0n) is 7.00. The number of hydrogen-bond acceptors (Lipinski definition) is 4. The molecule has 11 heavy (non-hydrogen) atoms. The molecule has 1 N–H and O–H groups in total. The molecule has 5 nitrogen and oxygen atoms in total. The minimum Gasteiger partial charge on any atom is -0.441 e. The van der Waals surface area contributed by atoms with E-state index in [9.17, 15) is 4.79 Å². The number of carbonyl (C=O) groups excluding carboxylic acids is 1. The Morgan fingerprint density at radius 3 is 2.73 bits per heavy atom. The monoisotopic (exact) mass is 159 g/mol. The normalized spacial score (nSPS) is 10.5. The fraction of sp³-hybridized carbons (Fsp3) is 0.833. The fourth-order valence-corrected chi connectivity index (χ4v) is 0.305. The van der Waals surface area contributed by atoms with E-state index in [2.05, 4.69) is 20.5 Å². The van der Waals surface area contributed by atoms with Crippen LogP contribution in [0.5, 0.6) is 0 Å². The number of nitrogens with one attached hydrogen (secondary N) is 1. The van der Waals surface area contributed by atoms with Gasteiger partial charge in [0.25, 0.3) is 0 Å². The van der Waals surface area contributed by atoms with E-state index in [0.29, 0.717) is 0 Å². The third-order valence-electron chi connectivity index (χ3n) is 0.712. The number of nitrogens with zero attached hydrogens (tertiary/aromatic N) is 2. The Morgan fingerprint density at radius 1 is 1.64 bits per heavy atom. The first-order chi connectivity index (χ1) is 5.13. The number of carbonyl (C=O) groups is 1. The highest BCUT2D eigenvalue weighted by atomic mass is 16.5. The van der Waals surface area contributed by atoms with E-state index in [4.69, 9.17) is 0 Å². The Hall–Kier alpha value is -1.13. The standard InChI is InChI=1S/C6H13N3O2/c1-5(2)8-9-7-4-11-6(3)10/h5H,4H2,1-3H3,(H,7,8). The first-order valence-electron chi connectivity index (χ1n) is 3.38. The molecule has 0 bridgehead atoms. The van der Waals surface area contributed by atoms with Crippen molar-refractivity contribution in [2.75, 3.05) is 6.73 Å². The van der Waals surface area contributed by atoms with Gasteiger partial charge in [-0.25, -0.2) is 0 Å². The summed E-state index contributed by atoms with van der Waals surface area (Å²) in [6, 6.07) is 0.246. The third kappa shape index (κ3) is 8.87. The van der Waals surface area contributed by atoms with E-state index in [1.165, 1.54) is 6.92 Å². The Balaban J connectivity index is 3.23. The molecule has 0 aromatic carbocycles. The predicted octanol–water partition coefficient (Wildman–Crippen LogP) is 0.872. The van der Waals surface area contributed by atoms with Crippen molar-refractivity contribution >= 4 is 5.97 Å². The molecule has 0 radical (unpaired) electrons. The molecule has 0 spiro atoms. The summed E-state index contributed by atoms with van der Waals surface area (Å²) in [5.74, 6) is -0.353. The van der Waals surface area contributed by atoms with Gasteiger partial charge in [-0.15, -0.1) is 5.11 Å². The van der Waals surface area contributed by atoms with Crippen LogP contribution >= 0.6 is 0 Å². The topological polar surface area (TPSA) is 63.0 Å². The largest absolute Gasteiger partial charge is 0.441 e. The average molecular weight is 159 g/mol. The molecular weight excluding hydrogens is 146 g/mol. The van der Waals surface area contributed by atoms with Crippen molar-refractivity contribution in [2.45, 2.75) is 26.8 Å². The molecule has 0 aliphatic heterocycles. The summed E-state index contributed by atoms with van der Waals surface area (Å²) in [4.78, 5) is 10.2. The van der Waals surface area contributed by atoms with E-state index in [-0.39, 0.29) is 18.7 Å². The van der Waals surface area contributed by atoms with Crippen LogP contribution in [-0.2, 0) is 9.53 Å². The maximum Gasteiger partial charge on any atom is 0.304 e. The molecule has 0 saturated heterocycles. The van der Waals surface area contributed by atoms with E-state index in [1.54, 1.807) is 0 Å². The van der Waals surface area contributed by atoms with Gasteiger partial charge in [0.15, 0.2) is 0 Å². The molecular formula is C6H13N3O2. The second kappa shape index (κ2) is 5.64. The molecule has 0 aliphatic carbocycles. The van der Waals surface area contributed by atoms with Gasteiger partial charge in [0, 0.05) is 13.0 Å². The van der Waals surface area contributed by atoms with Crippen LogP contribution < -0.4 is 5.43 Å². The van der Waals surface area contributed by atoms with Gasteiger partial charge in [-0.2, -0.15) is 0 Å². The van der Waals surface area contributed by atoms with Gasteiger partial charge in [0.05, 0.1) is 0 Å². The van der Waals surface area contributed by atoms with Crippen LogP contribution in [0, 0.1) is 0 Å². The lowest BCUT2D eigenvalue weighted by Gasteiger charge is -1.99. The van der Waals surface area contributed by atoms with Crippen LogP contribution in [-0.4, -0.2) is 18.7 Å². The minimum absolute atomic E-state index is 0.0188. The molecule has 0 atom stereocenters. The second-order valence-electron chi connectivity index (χ2n) is 2.29. The highest BCUT2D eigenvalue weighted by Crippen LogP contribution is 1.80. The quantitative estimate of drug-likeness (QED) is 0.376. The number of esters is 1. The van der Waals surface area contributed by atoms with Crippen LogP contribution in [0.4, 0.5) is 0 Å². The maximum atomic E-state index is 10.2. The molecule has 0 saturated carbocycles. The molecule has 0 heterocycles. The lowest BCUT2D eigenvalue weighted by molar-refractivity contribution is -0.140. The van der Waals surface area contributed by atoms with Crippen molar-refractivity contribution in [2.24, 2.45) is 10.3 Å². The summed E-state index contributed by atoms with van der Waals surface area (Å²) in [6.07, 6.45) is 0. The molecule has 0 aromatic rings. The van der Waals surface area contributed by atoms with Crippen molar-refractivity contribution < 1.29 is 9.53 Å². The lowest BCUT2D eigenvalue weighted by Crippen LogP contribution is -2.15. The van der Waals surface area contributed by atoms with E-state index >= 15 is 0 Å². The van der Waals surface area contributed by atoms with Gasteiger partial charge in [-0.05, 0) is 13.8 Å². The van der Waals surface area contributed by atoms with Crippen molar-refractivity contribution in [1.82, 2.24) is 5.43 Å². The van der Waals surface area contributed by atoms with E-state index in [0.717, 1.165) is 0 Å². The van der Waals surface area contributed by atoms with Crippen LogP contribution in [0.2, 0.25) is 0 Å².